The monoisotopic (exact) mass is 261 g/mol. The number of piperidine rings is 1. The summed E-state index contributed by atoms with van der Waals surface area (Å²) in [6.45, 7) is 1.07. The molecule has 17 heavy (non-hydrogen) atoms. The number of carboxylic acid groups (broad SMARTS) is 1. The Morgan fingerprint density at radius 1 is 1.53 bits per heavy atom. The van der Waals surface area contributed by atoms with Crippen LogP contribution in [0.3, 0.4) is 0 Å². The molecule has 0 saturated carbocycles. The predicted molar refractivity (Wildman–Crippen MR) is 66.1 cm³/mol. The smallest absolute Gasteiger partial charge is 0.313 e. The molecule has 0 spiro atoms. The van der Waals surface area contributed by atoms with Crippen LogP contribution >= 0.6 is 11.8 Å². The predicted octanol–water partition coefficient (Wildman–Crippen LogP) is 0.689. The number of carbonyl (C=O) groups is 2. The maximum Gasteiger partial charge on any atom is 0.313 e. The highest BCUT2D eigenvalue weighted by Gasteiger charge is 2.43. The summed E-state index contributed by atoms with van der Waals surface area (Å²) in [5.41, 5.74) is -0.929. The van der Waals surface area contributed by atoms with Gasteiger partial charge in [-0.25, -0.2) is 0 Å². The summed E-state index contributed by atoms with van der Waals surface area (Å²) in [5, 5.41) is 9.33. The molecule has 1 atom stereocenters. The Morgan fingerprint density at radius 3 is 2.76 bits per heavy atom. The number of hydrogen-bond donors (Lipinski definition) is 1. The van der Waals surface area contributed by atoms with Gasteiger partial charge in [0.2, 0.25) is 5.91 Å². The highest BCUT2D eigenvalue weighted by Crippen LogP contribution is 2.31. The third-order valence-electron chi connectivity index (χ3n) is 3.07. The first-order valence-electron chi connectivity index (χ1n) is 5.55. The van der Waals surface area contributed by atoms with Crippen LogP contribution < -0.4 is 0 Å². The number of thioether (sulfide) groups is 1. The zero-order valence-electron chi connectivity index (χ0n) is 10.3. The standard InChI is InChI=1S/C11H19NO4S/c1-16-8-11(10(14)15)4-3-5-12(7-11)9(13)6-17-2/h3-8H2,1-2H3,(H,14,15). The normalized spacial score (nSPS) is 24.7. The topological polar surface area (TPSA) is 66.8 Å². The van der Waals surface area contributed by atoms with E-state index in [1.807, 2.05) is 6.26 Å². The van der Waals surface area contributed by atoms with E-state index in [1.54, 1.807) is 4.90 Å². The summed E-state index contributed by atoms with van der Waals surface area (Å²) >= 11 is 1.46. The number of hydrogen-bond acceptors (Lipinski definition) is 4. The Hall–Kier alpha value is -0.750. The summed E-state index contributed by atoms with van der Waals surface area (Å²) in [6, 6.07) is 0. The van der Waals surface area contributed by atoms with Crippen LogP contribution in [0.5, 0.6) is 0 Å². The summed E-state index contributed by atoms with van der Waals surface area (Å²) in [6.07, 6.45) is 3.15. The minimum absolute atomic E-state index is 0.0129. The Morgan fingerprint density at radius 2 is 2.24 bits per heavy atom. The molecule has 1 N–H and O–H groups in total. The maximum atomic E-state index is 11.8. The lowest BCUT2D eigenvalue weighted by Crippen LogP contribution is -2.52. The van der Waals surface area contributed by atoms with Gasteiger partial charge in [0.15, 0.2) is 0 Å². The lowest BCUT2D eigenvalue weighted by Gasteiger charge is -2.39. The lowest BCUT2D eigenvalue weighted by molar-refractivity contribution is -0.158. The molecule has 0 aromatic heterocycles. The van der Waals surface area contributed by atoms with Crippen molar-refractivity contribution in [1.82, 2.24) is 4.90 Å². The van der Waals surface area contributed by atoms with E-state index in [1.165, 1.54) is 18.9 Å². The largest absolute Gasteiger partial charge is 0.481 e. The van der Waals surface area contributed by atoms with E-state index < -0.39 is 11.4 Å². The van der Waals surface area contributed by atoms with Crippen LogP contribution in [0.4, 0.5) is 0 Å². The molecule has 0 bridgehead atoms. The lowest BCUT2D eigenvalue weighted by atomic mass is 9.80. The molecule has 1 heterocycles. The van der Waals surface area contributed by atoms with Gasteiger partial charge in [-0.05, 0) is 19.1 Å². The minimum Gasteiger partial charge on any atom is -0.481 e. The van der Waals surface area contributed by atoms with Crippen LogP contribution in [0.2, 0.25) is 0 Å². The zero-order valence-corrected chi connectivity index (χ0v) is 11.1. The van der Waals surface area contributed by atoms with Crippen molar-refractivity contribution in [3.8, 4) is 0 Å². The molecule has 0 radical (unpaired) electrons. The van der Waals surface area contributed by atoms with Crippen molar-refractivity contribution in [3.05, 3.63) is 0 Å². The molecule has 1 amide bonds. The molecule has 1 aliphatic rings. The molecule has 1 saturated heterocycles. The number of amides is 1. The summed E-state index contributed by atoms with van der Waals surface area (Å²) in [5.74, 6) is -0.456. The molecule has 1 aliphatic heterocycles. The number of rotatable bonds is 5. The van der Waals surface area contributed by atoms with Gasteiger partial charge in [-0.3, -0.25) is 9.59 Å². The van der Waals surface area contributed by atoms with Crippen molar-refractivity contribution in [2.45, 2.75) is 12.8 Å². The highest BCUT2D eigenvalue weighted by atomic mass is 32.2. The number of ether oxygens (including phenoxy) is 1. The third-order valence-corrected chi connectivity index (χ3v) is 3.61. The maximum absolute atomic E-state index is 11.8. The molecular weight excluding hydrogens is 242 g/mol. The molecule has 1 fully saturated rings. The van der Waals surface area contributed by atoms with Gasteiger partial charge >= 0.3 is 5.97 Å². The van der Waals surface area contributed by atoms with E-state index in [9.17, 15) is 14.7 Å². The van der Waals surface area contributed by atoms with Crippen molar-refractivity contribution in [2.24, 2.45) is 5.41 Å². The molecule has 0 aliphatic carbocycles. The van der Waals surface area contributed by atoms with Gasteiger partial charge in [0.25, 0.3) is 0 Å². The van der Waals surface area contributed by atoms with Gasteiger partial charge in [-0.2, -0.15) is 11.8 Å². The van der Waals surface area contributed by atoms with Gasteiger partial charge < -0.3 is 14.7 Å². The van der Waals surface area contributed by atoms with Crippen molar-refractivity contribution in [1.29, 1.82) is 0 Å². The van der Waals surface area contributed by atoms with Crippen molar-refractivity contribution in [3.63, 3.8) is 0 Å². The van der Waals surface area contributed by atoms with Crippen molar-refractivity contribution < 1.29 is 19.4 Å². The fraction of sp³-hybridized carbons (Fsp3) is 0.818. The quantitative estimate of drug-likeness (QED) is 0.788. The second kappa shape index (κ2) is 6.26. The van der Waals surface area contributed by atoms with Gasteiger partial charge in [0, 0.05) is 20.2 Å². The third kappa shape index (κ3) is 3.35. The second-order valence-corrected chi connectivity index (χ2v) is 5.24. The molecule has 1 rings (SSSR count). The molecule has 98 valence electrons. The summed E-state index contributed by atoms with van der Waals surface area (Å²) < 4.78 is 5.01. The fourth-order valence-corrected chi connectivity index (χ4v) is 2.62. The average Bonchev–Trinajstić information content (AvgIpc) is 2.30. The second-order valence-electron chi connectivity index (χ2n) is 4.37. The van der Waals surface area contributed by atoms with E-state index in [2.05, 4.69) is 0 Å². The van der Waals surface area contributed by atoms with E-state index in [-0.39, 0.29) is 19.1 Å². The minimum atomic E-state index is -0.929. The van der Waals surface area contributed by atoms with Crippen LogP contribution in [0.15, 0.2) is 0 Å². The number of carbonyl (C=O) groups excluding carboxylic acids is 1. The van der Waals surface area contributed by atoms with Crippen LogP contribution in [-0.2, 0) is 14.3 Å². The first-order valence-corrected chi connectivity index (χ1v) is 6.94. The van der Waals surface area contributed by atoms with Crippen LogP contribution in [0.1, 0.15) is 12.8 Å². The number of aliphatic carboxylic acids is 1. The van der Waals surface area contributed by atoms with Crippen molar-refractivity contribution in [2.75, 3.05) is 38.8 Å². The molecule has 6 heteroatoms. The van der Waals surface area contributed by atoms with Crippen LogP contribution in [-0.4, -0.2) is 60.7 Å². The van der Waals surface area contributed by atoms with Gasteiger partial charge in [-0.15, -0.1) is 0 Å². The average molecular weight is 261 g/mol. The molecule has 0 aromatic rings. The Bertz CT molecular complexity index is 293. The Labute approximate surface area is 105 Å². The molecular formula is C11H19NO4S. The van der Waals surface area contributed by atoms with E-state index in [4.69, 9.17) is 4.74 Å². The molecule has 0 aromatic carbocycles. The first-order chi connectivity index (χ1) is 8.05. The van der Waals surface area contributed by atoms with Crippen LogP contribution in [0.25, 0.3) is 0 Å². The van der Waals surface area contributed by atoms with Gasteiger partial charge in [0.1, 0.15) is 5.41 Å². The number of likely N-dealkylation sites (tertiary alicyclic amines) is 1. The Balaban J connectivity index is 2.74. The fourth-order valence-electron chi connectivity index (χ4n) is 2.19. The zero-order chi connectivity index (χ0) is 12.9. The van der Waals surface area contributed by atoms with E-state index >= 15 is 0 Å². The summed E-state index contributed by atoms with van der Waals surface area (Å²) in [4.78, 5) is 24.8. The van der Waals surface area contributed by atoms with Crippen LogP contribution in [0, 0.1) is 5.41 Å². The summed E-state index contributed by atoms with van der Waals surface area (Å²) in [7, 11) is 1.49. The number of methoxy groups -OCH3 is 1. The number of nitrogens with zero attached hydrogens (tertiary/aromatic N) is 1. The SMILES string of the molecule is COCC1(C(=O)O)CCCN(C(=O)CSC)C1. The van der Waals surface area contributed by atoms with Gasteiger partial charge in [-0.1, -0.05) is 0 Å². The number of carboxylic acids is 1. The van der Waals surface area contributed by atoms with E-state index in [0.717, 1.165) is 6.42 Å². The first kappa shape index (κ1) is 14.3. The van der Waals surface area contributed by atoms with Crippen molar-refractivity contribution >= 4 is 23.6 Å². The van der Waals surface area contributed by atoms with E-state index in [0.29, 0.717) is 18.7 Å². The molecule has 1 unspecified atom stereocenters. The Kier molecular flexibility index (Phi) is 5.27. The highest BCUT2D eigenvalue weighted by molar-refractivity contribution is 7.99. The van der Waals surface area contributed by atoms with Gasteiger partial charge in [0.05, 0.1) is 12.4 Å². The molecule has 5 nitrogen and oxygen atoms in total.